The van der Waals surface area contributed by atoms with E-state index in [1.807, 2.05) is 32.0 Å². The lowest BCUT2D eigenvalue weighted by molar-refractivity contribution is 0.0978. The van der Waals surface area contributed by atoms with Crippen LogP contribution < -0.4 is 19.7 Å². The first-order valence-corrected chi connectivity index (χ1v) is 20.9. The van der Waals surface area contributed by atoms with Crippen LogP contribution in [0.4, 0.5) is 5.13 Å². The zero-order valence-corrected chi connectivity index (χ0v) is 31.8. The number of nitrogens with zero attached hydrogens (tertiary/aromatic N) is 4. The van der Waals surface area contributed by atoms with E-state index in [9.17, 15) is 13.2 Å². The van der Waals surface area contributed by atoms with Crippen LogP contribution in [0.5, 0.6) is 5.75 Å². The molecule has 4 aromatic rings. The van der Waals surface area contributed by atoms with Crippen molar-refractivity contribution >= 4 is 66.0 Å². The molecular weight excluding hydrogens is 731 g/mol. The van der Waals surface area contributed by atoms with E-state index in [4.69, 9.17) is 37.4 Å². The summed E-state index contributed by atoms with van der Waals surface area (Å²) in [6.45, 7) is 5.28. The van der Waals surface area contributed by atoms with Crippen LogP contribution in [0.25, 0.3) is 21.5 Å². The molecule has 2 atom stereocenters. The van der Waals surface area contributed by atoms with Crippen LogP contribution in [-0.2, 0) is 16.8 Å². The van der Waals surface area contributed by atoms with Crippen molar-refractivity contribution in [3.05, 3.63) is 57.3 Å². The van der Waals surface area contributed by atoms with Crippen LogP contribution >= 0.6 is 34.5 Å². The van der Waals surface area contributed by atoms with Crippen molar-refractivity contribution in [2.75, 3.05) is 18.0 Å². The standard InChI is InChI=1S/C36H42Cl2N6O5S2/c1-20(2)48-29-15-22(35(45)42-51(46,47)43-13-4-3-5-14-43)16-30-33(29)40-36(50-30)44-24-11-12-25(44)18-23(17-24)39-19-26-32(41-49-34(26)21-9-10-21)31-27(37)7-6-8-28(31)38/h6-8,15-16,20-21,23-25,39H,3-5,9-14,17-19H2,1-2H3,(H,42,45). The lowest BCUT2D eigenvalue weighted by atomic mass is 9.97. The molecule has 4 aliphatic rings. The molecule has 1 amide bonds. The Morgan fingerprint density at radius 2 is 1.76 bits per heavy atom. The number of carbonyl (C=O) groups excluding carboxylic acids is 1. The van der Waals surface area contributed by atoms with Gasteiger partial charge < -0.3 is 19.5 Å². The van der Waals surface area contributed by atoms with Crippen molar-refractivity contribution in [3.63, 3.8) is 0 Å². The number of hydrogen-bond acceptors (Lipinski definition) is 10. The average Bonchev–Trinajstić information content (AvgIpc) is 3.62. The van der Waals surface area contributed by atoms with Crippen molar-refractivity contribution in [2.45, 2.75) is 108 Å². The van der Waals surface area contributed by atoms with E-state index in [-0.39, 0.29) is 11.7 Å². The van der Waals surface area contributed by atoms with Crippen molar-refractivity contribution in [3.8, 4) is 17.0 Å². The average molecular weight is 774 g/mol. The number of ether oxygens (including phenoxy) is 1. The first-order chi connectivity index (χ1) is 24.6. The third-order valence-corrected chi connectivity index (χ3v) is 13.6. The number of carbonyl (C=O) groups is 1. The number of anilines is 1. The number of fused-ring (bicyclic) bond motifs is 3. The number of rotatable bonds is 11. The molecule has 0 radical (unpaired) electrons. The minimum absolute atomic E-state index is 0.160. The van der Waals surface area contributed by atoms with E-state index in [2.05, 4.69) is 20.1 Å². The van der Waals surface area contributed by atoms with Gasteiger partial charge in [0.15, 0.2) is 5.13 Å². The molecule has 11 nitrogen and oxygen atoms in total. The third kappa shape index (κ3) is 7.09. The van der Waals surface area contributed by atoms with Gasteiger partial charge in [0.1, 0.15) is 22.7 Å². The number of nitrogens with one attached hydrogen (secondary N) is 2. The molecule has 1 aliphatic carbocycles. The summed E-state index contributed by atoms with van der Waals surface area (Å²) in [7, 11) is -3.94. The molecule has 15 heteroatoms. The van der Waals surface area contributed by atoms with Crippen LogP contribution in [0.3, 0.4) is 0 Å². The summed E-state index contributed by atoms with van der Waals surface area (Å²) in [5.74, 6) is 1.12. The fourth-order valence-electron chi connectivity index (χ4n) is 7.90. The molecule has 4 fully saturated rings. The van der Waals surface area contributed by atoms with Gasteiger partial charge in [-0.2, -0.15) is 12.7 Å². The number of halogens is 2. The summed E-state index contributed by atoms with van der Waals surface area (Å²) in [4.78, 5) is 20.9. The Bertz CT molecular complexity index is 2030. The molecule has 2 unspecified atom stereocenters. The van der Waals surface area contributed by atoms with Crippen LogP contribution in [0.1, 0.15) is 99.2 Å². The van der Waals surface area contributed by atoms with Crippen molar-refractivity contribution in [1.29, 1.82) is 0 Å². The second-order valence-electron chi connectivity index (χ2n) is 14.5. The minimum Gasteiger partial charge on any atom is -0.489 e. The van der Waals surface area contributed by atoms with Crippen LogP contribution in [-0.4, -0.2) is 66.1 Å². The predicted molar refractivity (Wildman–Crippen MR) is 200 cm³/mol. The van der Waals surface area contributed by atoms with Gasteiger partial charge >= 0.3 is 10.2 Å². The van der Waals surface area contributed by atoms with Crippen LogP contribution in [0.2, 0.25) is 10.0 Å². The summed E-state index contributed by atoms with van der Waals surface area (Å²) in [6.07, 6.45) is 8.63. The van der Waals surface area contributed by atoms with E-state index in [0.29, 0.717) is 76.2 Å². The SMILES string of the molecule is CC(C)Oc1cc(C(=O)NS(=O)(=O)N2CCCCC2)cc2sc(N3C4CCC3CC(NCc3c(-c5c(Cl)cccc5Cl)noc3C3CC3)C4)nc12. The summed E-state index contributed by atoms with van der Waals surface area (Å²) in [6, 6.07) is 9.74. The minimum atomic E-state index is -3.94. The maximum atomic E-state index is 13.4. The van der Waals surface area contributed by atoms with Gasteiger partial charge in [-0.3, -0.25) is 4.79 Å². The quantitative estimate of drug-likeness (QED) is 0.158. The van der Waals surface area contributed by atoms with E-state index >= 15 is 0 Å². The molecule has 272 valence electrons. The first-order valence-electron chi connectivity index (χ1n) is 17.9. The molecule has 2 bridgehead atoms. The largest absolute Gasteiger partial charge is 0.489 e. The molecular formula is C36H42Cl2N6O5S2. The van der Waals surface area contributed by atoms with E-state index in [1.54, 1.807) is 12.1 Å². The third-order valence-electron chi connectivity index (χ3n) is 10.4. The first kappa shape index (κ1) is 35.1. The Labute approximate surface area is 312 Å². The Morgan fingerprint density at radius 1 is 1.06 bits per heavy atom. The van der Waals surface area contributed by atoms with Crippen LogP contribution in [0, 0.1) is 0 Å². The summed E-state index contributed by atoms with van der Waals surface area (Å²) in [5.41, 5.74) is 3.38. The molecule has 3 aliphatic heterocycles. The Hall–Kier alpha value is -2.94. The van der Waals surface area contributed by atoms with Crippen LogP contribution in [0.15, 0.2) is 34.9 Å². The zero-order valence-electron chi connectivity index (χ0n) is 28.7. The van der Waals surface area contributed by atoms with Gasteiger partial charge in [0.25, 0.3) is 5.91 Å². The normalized spacial score (nSPS) is 22.6. The molecule has 5 heterocycles. The van der Waals surface area contributed by atoms with Gasteiger partial charge in [-0.15, -0.1) is 0 Å². The number of benzene rings is 2. The molecule has 2 aromatic heterocycles. The number of thiazole rings is 1. The smallest absolute Gasteiger partial charge is 0.304 e. The van der Waals surface area contributed by atoms with Gasteiger partial charge in [-0.05, 0) is 89.5 Å². The number of amides is 1. The van der Waals surface area contributed by atoms with Gasteiger partial charge in [0, 0.05) is 60.4 Å². The molecule has 1 saturated carbocycles. The molecule has 0 spiro atoms. The van der Waals surface area contributed by atoms with Crippen molar-refractivity contribution < 1.29 is 22.5 Å². The second kappa shape index (κ2) is 14.1. The lowest BCUT2D eigenvalue weighted by Gasteiger charge is -2.39. The highest BCUT2D eigenvalue weighted by atomic mass is 35.5. The van der Waals surface area contributed by atoms with E-state index in [1.165, 1.54) is 15.6 Å². The Kier molecular flexibility index (Phi) is 9.73. The predicted octanol–water partition coefficient (Wildman–Crippen LogP) is 7.67. The maximum Gasteiger partial charge on any atom is 0.304 e. The summed E-state index contributed by atoms with van der Waals surface area (Å²) in [5, 5.41) is 10.3. The number of hydrogen-bond donors (Lipinski definition) is 2. The molecule has 2 aromatic carbocycles. The van der Waals surface area contributed by atoms with Gasteiger partial charge in [0.05, 0.1) is 20.8 Å². The number of piperidine rings is 2. The highest BCUT2D eigenvalue weighted by Gasteiger charge is 2.43. The second-order valence-corrected chi connectivity index (χ2v) is 18.0. The molecule has 2 N–H and O–H groups in total. The number of aromatic nitrogens is 2. The maximum absolute atomic E-state index is 13.4. The summed E-state index contributed by atoms with van der Waals surface area (Å²) < 4.78 is 42.5. The molecule has 3 saturated heterocycles. The fourth-order valence-corrected chi connectivity index (χ4v) is 10.9. The Morgan fingerprint density at radius 3 is 2.43 bits per heavy atom. The zero-order chi connectivity index (χ0) is 35.4. The monoisotopic (exact) mass is 772 g/mol. The van der Waals surface area contributed by atoms with Gasteiger partial charge in [-0.1, -0.05) is 52.2 Å². The van der Waals surface area contributed by atoms with Crippen molar-refractivity contribution in [2.24, 2.45) is 0 Å². The highest BCUT2D eigenvalue weighted by Crippen LogP contribution is 2.47. The topological polar surface area (TPSA) is 130 Å². The highest BCUT2D eigenvalue weighted by molar-refractivity contribution is 7.87. The molecule has 51 heavy (non-hydrogen) atoms. The lowest BCUT2D eigenvalue weighted by Crippen LogP contribution is -2.49. The summed E-state index contributed by atoms with van der Waals surface area (Å²) >= 11 is 14.7. The van der Waals surface area contributed by atoms with E-state index in [0.717, 1.165) is 78.9 Å². The fraction of sp³-hybridized carbons (Fsp3) is 0.528. The van der Waals surface area contributed by atoms with E-state index < -0.39 is 16.1 Å². The van der Waals surface area contributed by atoms with Gasteiger partial charge in [0.2, 0.25) is 0 Å². The molecule has 8 rings (SSSR count). The van der Waals surface area contributed by atoms with Crippen molar-refractivity contribution in [1.82, 2.24) is 24.5 Å². The Balaban J connectivity index is 1.01. The van der Waals surface area contributed by atoms with Gasteiger partial charge in [-0.25, -0.2) is 9.71 Å².